The molecule has 0 radical (unpaired) electrons. The van der Waals surface area contributed by atoms with Crippen LogP contribution in [-0.4, -0.2) is 35.2 Å². The minimum atomic E-state index is -0.516. The van der Waals surface area contributed by atoms with E-state index in [-0.39, 0.29) is 18.2 Å². The zero-order valence-corrected chi connectivity index (χ0v) is 20.0. The Bertz CT molecular complexity index is 1050. The number of nitriles is 1. The molecule has 2 aromatic rings. The van der Waals surface area contributed by atoms with Gasteiger partial charge in [-0.25, -0.2) is 4.79 Å². The highest BCUT2D eigenvalue weighted by atomic mass is 16.6. The normalized spacial score (nSPS) is 20.5. The SMILES string of the molecule is CCC1CC(N2c3ccccc3Oc3cc(C#N)ccc32)CCCCN1C(=O)OC(C)(C)C. The van der Waals surface area contributed by atoms with Gasteiger partial charge in [0.25, 0.3) is 0 Å². The van der Waals surface area contributed by atoms with Gasteiger partial charge in [-0.3, -0.25) is 0 Å². The minimum absolute atomic E-state index is 0.0852. The van der Waals surface area contributed by atoms with Crippen molar-refractivity contribution in [2.24, 2.45) is 0 Å². The molecule has 2 atom stereocenters. The maximum Gasteiger partial charge on any atom is 0.410 e. The van der Waals surface area contributed by atoms with Crippen molar-refractivity contribution in [3.63, 3.8) is 0 Å². The average molecular weight is 448 g/mol. The number of ether oxygens (including phenoxy) is 2. The van der Waals surface area contributed by atoms with Gasteiger partial charge in [0.05, 0.1) is 23.0 Å². The summed E-state index contributed by atoms with van der Waals surface area (Å²) in [5.74, 6) is 1.49. The second-order valence-corrected chi connectivity index (χ2v) is 9.86. The first-order valence-electron chi connectivity index (χ1n) is 11.9. The molecule has 1 amide bonds. The molecule has 1 saturated heterocycles. The first kappa shape index (κ1) is 23.0. The maximum atomic E-state index is 13.0. The number of rotatable bonds is 2. The van der Waals surface area contributed by atoms with E-state index in [4.69, 9.17) is 9.47 Å². The van der Waals surface area contributed by atoms with Crippen LogP contribution >= 0.6 is 0 Å². The van der Waals surface area contributed by atoms with E-state index in [1.807, 2.05) is 62.1 Å². The molecule has 2 aliphatic heterocycles. The van der Waals surface area contributed by atoms with Gasteiger partial charge in [-0.1, -0.05) is 19.1 Å². The fraction of sp³-hybridized carbons (Fsp3) is 0.481. The topological polar surface area (TPSA) is 65.8 Å². The molecule has 0 aromatic heterocycles. The number of benzene rings is 2. The molecule has 2 aromatic carbocycles. The summed E-state index contributed by atoms with van der Waals surface area (Å²) in [5, 5.41) is 9.38. The minimum Gasteiger partial charge on any atom is -0.453 e. The van der Waals surface area contributed by atoms with Crippen molar-refractivity contribution in [1.82, 2.24) is 4.90 Å². The summed E-state index contributed by atoms with van der Waals surface area (Å²) in [5.41, 5.74) is 2.06. The molecule has 2 unspecified atom stereocenters. The standard InChI is InChI=1S/C27H33N3O3/c1-5-20-17-21(10-8-9-15-29(20)26(31)33-27(2,3)4)30-22-11-6-7-12-24(22)32-25-16-19(18-28)13-14-23(25)30/h6-7,11-14,16,20-21H,5,8-10,15,17H2,1-4H3. The van der Waals surface area contributed by atoms with Crippen LogP contribution in [0.5, 0.6) is 11.5 Å². The van der Waals surface area contributed by atoms with Gasteiger partial charge in [0, 0.05) is 24.7 Å². The second-order valence-electron chi connectivity index (χ2n) is 9.86. The van der Waals surface area contributed by atoms with E-state index >= 15 is 0 Å². The van der Waals surface area contributed by atoms with E-state index in [2.05, 4.69) is 24.0 Å². The van der Waals surface area contributed by atoms with Gasteiger partial charge in [0.1, 0.15) is 5.60 Å². The van der Waals surface area contributed by atoms with Crippen molar-refractivity contribution in [2.75, 3.05) is 11.4 Å². The number of anilines is 2. The van der Waals surface area contributed by atoms with E-state index in [0.29, 0.717) is 11.3 Å². The molecule has 6 nitrogen and oxygen atoms in total. The number of hydrogen-bond acceptors (Lipinski definition) is 5. The molecule has 6 heteroatoms. The lowest BCUT2D eigenvalue weighted by Gasteiger charge is -2.43. The zero-order chi connectivity index (χ0) is 23.6. The molecular formula is C27H33N3O3. The Balaban J connectivity index is 1.69. The fourth-order valence-electron chi connectivity index (χ4n) is 4.83. The Kier molecular flexibility index (Phi) is 6.51. The van der Waals surface area contributed by atoms with Crippen LogP contribution in [-0.2, 0) is 4.74 Å². The Hall–Kier alpha value is -3.20. The molecule has 0 saturated carbocycles. The number of hydrogen-bond donors (Lipinski definition) is 0. The van der Waals surface area contributed by atoms with E-state index in [0.717, 1.165) is 55.8 Å². The second kappa shape index (κ2) is 9.35. The van der Waals surface area contributed by atoms with Gasteiger partial charge in [0.15, 0.2) is 11.5 Å². The molecule has 0 N–H and O–H groups in total. The number of amides is 1. The van der Waals surface area contributed by atoms with Crippen LogP contribution in [0, 0.1) is 11.3 Å². The van der Waals surface area contributed by atoms with Crippen LogP contribution in [0.4, 0.5) is 16.2 Å². The van der Waals surface area contributed by atoms with Gasteiger partial charge in [-0.15, -0.1) is 0 Å². The number of likely N-dealkylation sites (tertiary alicyclic amines) is 1. The third-order valence-electron chi connectivity index (χ3n) is 6.33. The van der Waals surface area contributed by atoms with Crippen molar-refractivity contribution in [2.45, 2.75) is 77.5 Å². The molecule has 2 heterocycles. The van der Waals surface area contributed by atoms with Gasteiger partial charge in [-0.2, -0.15) is 5.26 Å². The van der Waals surface area contributed by atoms with Crippen molar-refractivity contribution in [3.05, 3.63) is 48.0 Å². The number of para-hydroxylation sites is 2. The van der Waals surface area contributed by atoms with E-state index in [1.165, 1.54) is 0 Å². The van der Waals surface area contributed by atoms with Crippen molar-refractivity contribution in [3.8, 4) is 17.6 Å². The third-order valence-corrected chi connectivity index (χ3v) is 6.33. The highest BCUT2D eigenvalue weighted by Crippen LogP contribution is 2.49. The summed E-state index contributed by atoms with van der Waals surface area (Å²) in [7, 11) is 0. The van der Waals surface area contributed by atoms with E-state index < -0.39 is 5.60 Å². The van der Waals surface area contributed by atoms with Crippen LogP contribution < -0.4 is 9.64 Å². The largest absolute Gasteiger partial charge is 0.453 e. The monoisotopic (exact) mass is 447 g/mol. The Morgan fingerprint density at radius 3 is 2.64 bits per heavy atom. The molecule has 1 fully saturated rings. The predicted octanol–water partition coefficient (Wildman–Crippen LogP) is 6.76. The average Bonchev–Trinajstić information content (AvgIpc) is 2.76. The Labute approximate surface area is 196 Å². The first-order valence-corrected chi connectivity index (χ1v) is 11.9. The molecule has 4 rings (SSSR count). The van der Waals surface area contributed by atoms with Crippen LogP contribution in [0.15, 0.2) is 42.5 Å². The van der Waals surface area contributed by atoms with Gasteiger partial charge in [0.2, 0.25) is 0 Å². The lowest BCUT2D eigenvalue weighted by atomic mass is 9.93. The summed E-state index contributed by atoms with van der Waals surface area (Å²) >= 11 is 0. The van der Waals surface area contributed by atoms with Crippen LogP contribution in [0.2, 0.25) is 0 Å². The Morgan fingerprint density at radius 1 is 1.15 bits per heavy atom. The molecule has 33 heavy (non-hydrogen) atoms. The summed E-state index contributed by atoms with van der Waals surface area (Å²) in [6.45, 7) is 8.60. The maximum absolute atomic E-state index is 13.0. The predicted molar refractivity (Wildman–Crippen MR) is 129 cm³/mol. The van der Waals surface area contributed by atoms with Crippen molar-refractivity contribution < 1.29 is 14.3 Å². The van der Waals surface area contributed by atoms with Crippen LogP contribution in [0.1, 0.15) is 65.4 Å². The lowest BCUT2D eigenvalue weighted by molar-refractivity contribution is 0.0122. The molecule has 0 bridgehead atoms. The zero-order valence-electron chi connectivity index (χ0n) is 20.0. The third kappa shape index (κ3) is 4.93. The molecule has 174 valence electrons. The van der Waals surface area contributed by atoms with E-state index in [1.54, 1.807) is 0 Å². The number of nitrogens with zero attached hydrogens (tertiary/aromatic N) is 3. The van der Waals surface area contributed by atoms with E-state index in [9.17, 15) is 10.1 Å². The van der Waals surface area contributed by atoms with Gasteiger partial charge in [-0.05, 0) is 77.1 Å². The highest BCUT2D eigenvalue weighted by Gasteiger charge is 2.35. The van der Waals surface area contributed by atoms with Gasteiger partial charge >= 0.3 is 6.09 Å². The molecular weight excluding hydrogens is 414 g/mol. The molecule has 2 aliphatic rings. The number of fused-ring (bicyclic) bond motifs is 2. The summed E-state index contributed by atoms with van der Waals surface area (Å²) in [6, 6.07) is 16.2. The first-order chi connectivity index (χ1) is 15.8. The smallest absolute Gasteiger partial charge is 0.410 e. The number of carbonyl (C=O) groups excluding carboxylic acids is 1. The fourth-order valence-corrected chi connectivity index (χ4v) is 4.83. The van der Waals surface area contributed by atoms with Crippen molar-refractivity contribution in [1.29, 1.82) is 5.26 Å². The summed E-state index contributed by atoms with van der Waals surface area (Å²) in [4.78, 5) is 17.3. The number of carbonyl (C=O) groups is 1. The van der Waals surface area contributed by atoms with Gasteiger partial charge < -0.3 is 19.3 Å². The lowest BCUT2D eigenvalue weighted by Crippen LogP contribution is -2.48. The van der Waals surface area contributed by atoms with Crippen LogP contribution in [0.25, 0.3) is 0 Å². The van der Waals surface area contributed by atoms with Crippen molar-refractivity contribution >= 4 is 17.5 Å². The molecule has 0 aliphatic carbocycles. The quantitative estimate of drug-likeness (QED) is 0.509. The van der Waals surface area contributed by atoms with Crippen LogP contribution in [0.3, 0.4) is 0 Å². The summed E-state index contributed by atoms with van der Waals surface area (Å²) < 4.78 is 11.9. The molecule has 0 spiro atoms. The highest BCUT2D eigenvalue weighted by molar-refractivity contribution is 5.79. The summed E-state index contributed by atoms with van der Waals surface area (Å²) in [6.07, 6.45) is 4.46. The Morgan fingerprint density at radius 2 is 1.91 bits per heavy atom.